The average molecular weight is 387 g/mol. The van der Waals surface area contributed by atoms with Gasteiger partial charge in [0.15, 0.2) is 5.88 Å². The van der Waals surface area contributed by atoms with Gasteiger partial charge in [0, 0.05) is 22.2 Å². The maximum atomic E-state index is 12.1. The summed E-state index contributed by atoms with van der Waals surface area (Å²) in [6.07, 6.45) is 2.24. The van der Waals surface area contributed by atoms with Gasteiger partial charge in [0.1, 0.15) is 0 Å². The minimum Gasteiger partial charge on any atom is -0.494 e. The number of hydrogen-bond donors (Lipinski definition) is 5. The van der Waals surface area contributed by atoms with Crippen molar-refractivity contribution in [2.75, 3.05) is 7.05 Å². The number of carboxylic acid groups (broad SMARTS) is 1. The zero-order valence-electron chi connectivity index (χ0n) is 14.5. The molecule has 1 aromatic carbocycles. The standard InChI is InChI=1S/C18H17N3O5S/c1-8-14(18(23)24)10-4-5-11(16(10)20-8)15-12-7-9(27(25,26)19-2)3-6-13(12)21-17(15)22/h3,5-7,19-22H,4H2,1-2H3,(H,23,24). The molecule has 0 spiro atoms. The Kier molecular flexibility index (Phi) is 3.69. The summed E-state index contributed by atoms with van der Waals surface area (Å²) >= 11 is 0. The zero-order valence-corrected chi connectivity index (χ0v) is 15.4. The first kappa shape index (κ1) is 17.4. The number of aromatic carboxylic acids is 1. The van der Waals surface area contributed by atoms with Crippen LogP contribution in [0, 0.1) is 6.92 Å². The molecule has 8 nitrogen and oxygen atoms in total. The first-order valence-electron chi connectivity index (χ1n) is 8.18. The normalized spacial score (nSPS) is 13.8. The lowest BCUT2D eigenvalue weighted by Gasteiger charge is -2.05. The molecular weight excluding hydrogens is 370 g/mol. The molecule has 0 amide bonds. The predicted molar refractivity (Wildman–Crippen MR) is 99.5 cm³/mol. The van der Waals surface area contributed by atoms with Crippen LogP contribution in [0.15, 0.2) is 29.2 Å². The summed E-state index contributed by atoms with van der Waals surface area (Å²) in [4.78, 5) is 17.5. The molecule has 3 aromatic rings. The second kappa shape index (κ2) is 5.73. The Labute approximate surface area is 154 Å². The quantitative estimate of drug-likeness (QED) is 0.467. The highest BCUT2D eigenvalue weighted by molar-refractivity contribution is 7.89. The molecule has 0 bridgehead atoms. The largest absolute Gasteiger partial charge is 0.494 e. The number of hydrogen-bond acceptors (Lipinski definition) is 4. The number of nitrogens with one attached hydrogen (secondary N) is 3. The van der Waals surface area contributed by atoms with Crippen LogP contribution < -0.4 is 4.72 Å². The molecular formula is C18H17N3O5S. The summed E-state index contributed by atoms with van der Waals surface area (Å²) in [7, 11) is -2.32. The molecule has 0 atom stereocenters. The molecule has 9 heteroatoms. The highest BCUT2D eigenvalue weighted by atomic mass is 32.2. The second-order valence-corrected chi connectivity index (χ2v) is 8.26. The van der Waals surface area contributed by atoms with E-state index >= 15 is 0 Å². The van der Waals surface area contributed by atoms with Crippen LogP contribution in [0.25, 0.3) is 16.5 Å². The van der Waals surface area contributed by atoms with Crippen molar-refractivity contribution in [2.24, 2.45) is 0 Å². The molecule has 5 N–H and O–H groups in total. The van der Waals surface area contributed by atoms with E-state index in [-0.39, 0.29) is 16.3 Å². The molecule has 0 unspecified atom stereocenters. The number of carboxylic acids is 1. The SMILES string of the molecule is CNS(=O)(=O)c1ccc2[nH]c(O)c(C3=CCc4c3[nH]c(C)c4C(=O)O)c2c1. The van der Waals surface area contributed by atoms with Crippen LogP contribution in [0.2, 0.25) is 0 Å². The number of sulfonamides is 1. The lowest BCUT2D eigenvalue weighted by Crippen LogP contribution is -2.18. The minimum absolute atomic E-state index is 0.0745. The number of carbonyl (C=O) groups is 1. The molecule has 1 aliphatic rings. The molecule has 27 heavy (non-hydrogen) atoms. The van der Waals surface area contributed by atoms with E-state index in [1.165, 1.54) is 19.2 Å². The van der Waals surface area contributed by atoms with Gasteiger partial charge in [-0.15, -0.1) is 0 Å². The Hall–Kier alpha value is -3.04. The molecule has 2 heterocycles. The Balaban J connectivity index is 1.94. The highest BCUT2D eigenvalue weighted by Crippen LogP contribution is 2.42. The molecule has 0 radical (unpaired) electrons. The number of fused-ring (bicyclic) bond motifs is 2. The lowest BCUT2D eigenvalue weighted by atomic mass is 10.0. The number of allylic oxidation sites excluding steroid dienone is 1. The maximum absolute atomic E-state index is 12.1. The van der Waals surface area contributed by atoms with Gasteiger partial charge < -0.3 is 20.2 Å². The third-order valence-electron chi connectivity index (χ3n) is 4.88. The molecule has 0 saturated carbocycles. The first-order chi connectivity index (χ1) is 12.7. The van der Waals surface area contributed by atoms with Crippen LogP contribution in [0.5, 0.6) is 5.88 Å². The van der Waals surface area contributed by atoms with Crippen LogP contribution >= 0.6 is 0 Å². The van der Waals surface area contributed by atoms with Gasteiger partial charge in [0.05, 0.1) is 21.7 Å². The Bertz CT molecular complexity index is 1250. The fraction of sp³-hybridized carbons (Fsp3) is 0.167. The van der Waals surface area contributed by atoms with Crippen molar-refractivity contribution < 1.29 is 23.4 Å². The van der Waals surface area contributed by atoms with Crippen LogP contribution in [-0.2, 0) is 16.4 Å². The van der Waals surface area contributed by atoms with Crippen LogP contribution in [0.4, 0.5) is 0 Å². The number of aromatic hydroxyl groups is 1. The molecule has 4 rings (SSSR count). The van der Waals surface area contributed by atoms with Crippen molar-refractivity contribution in [2.45, 2.75) is 18.2 Å². The van der Waals surface area contributed by atoms with E-state index < -0.39 is 16.0 Å². The predicted octanol–water partition coefficient (Wildman–Crippen LogP) is 2.10. The van der Waals surface area contributed by atoms with Gasteiger partial charge in [-0.05, 0) is 44.2 Å². The van der Waals surface area contributed by atoms with E-state index in [1.807, 2.05) is 6.08 Å². The molecule has 0 saturated heterocycles. The molecule has 140 valence electrons. The summed E-state index contributed by atoms with van der Waals surface area (Å²) < 4.78 is 26.5. The van der Waals surface area contributed by atoms with Crippen molar-refractivity contribution in [3.05, 3.63) is 52.4 Å². The fourth-order valence-electron chi connectivity index (χ4n) is 3.65. The van der Waals surface area contributed by atoms with E-state index in [9.17, 15) is 23.4 Å². The van der Waals surface area contributed by atoms with Gasteiger partial charge in [0.25, 0.3) is 0 Å². The number of rotatable bonds is 4. The average Bonchev–Trinajstić information content (AvgIpc) is 3.24. The van der Waals surface area contributed by atoms with Crippen molar-refractivity contribution in [3.63, 3.8) is 0 Å². The van der Waals surface area contributed by atoms with Crippen molar-refractivity contribution in [1.82, 2.24) is 14.7 Å². The van der Waals surface area contributed by atoms with E-state index in [1.54, 1.807) is 13.0 Å². The number of aromatic nitrogens is 2. The monoisotopic (exact) mass is 387 g/mol. The van der Waals surface area contributed by atoms with Crippen LogP contribution in [-0.4, -0.2) is 41.6 Å². The summed E-state index contributed by atoms with van der Waals surface area (Å²) in [6.45, 7) is 1.69. The van der Waals surface area contributed by atoms with Crippen LogP contribution in [0.1, 0.15) is 32.9 Å². The van der Waals surface area contributed by atoms with Crippen molar-refractivity contribution in [1.29, 1.82) is 0 Å². The number of aryl methyl sites for hydroxylation is 1. The summed E-state index contributed by atoms with van der Waals surface area (Å²) in [5, 5.41) is 20.4. The van der Waals surface area contributed by atoms with Gasteiger partial charge in [-0.1, -0.05) is 6.08 Å². The fourth-order valence-corrected chi connectivity index (χ4v) is 4.40. The first-order valence-corrected chi connectivity index (χ1v) is 9.66. The van der Waals surface area contributed by atoms with E-state index in [4.69, 9.17) is 0 Å². The molecule has 1 aliphatic carbocycles. The third kappa shape index (κ3) is 2.47. The smallest absolute Gasteiger partial charge is 0.337 e. The van der Waals surface area contributed by atoms with Crippen molar-refractivity contribution in [3.8, 4) is 5.88 Å². The highest BCUT2D eigenvalue weighted by Gasteiger charge is 2.29. The van der Waals surface area contributed by atoms with E-state index in [0.29, 0.717) is 45.4 Å². The minimum atomic E-state index is -3.65. The van der Waals surface area contributed by atoms with Gasteiger partial charge >= 0.3 is 5.97 Å². The van der Waals surface area contributed by atoms with E-state index in [2.05, 4.69) is 14.7 Å². The summed E-state index contributed by atoms with van der Waals surface area (Å²) in [5.41, 5.74) is 3.71. The number of aromatic amines is 2. The van der Waals surface area contributed by atoms with Crippen LogP contribution in [0.3, 0.4) is 0 Å². The van der Waals surface area contributed by atoms with Gasteiger partial charge in [-0.25, -0.2) is 17.9 Å². The van der Waals surface area contributed by atoms with Crippen molar-refractivity contribution >= 4 is 32.5 Å². The Morgan fingerprint density at radius 2 is 2.00 bits per heavy atom. The second-order valence-electron chi connectivity index (χ2n) is 6.37. The zero-order chi connectivity index (χ0) is 19.5. The molecule has 0 aliphatic heterocycles. The van der Waals surface area contributed by atoms with Gasteiger partial charge in [-0.2, -0.15) is 0 Å². The Morgan fingerprint density at radius 3 is 2.67 bits per heavy atom. The lowest BCUT2D eigenvalue weighted by molar-refractivity contribution is 0.0695. The van der Waals surface area contributed by atoms with Gasteiger partial charge in [-0.3, -0.25) is 0 Å². The Morgan fingerprint density at radius 1 is 1.26 bits per heavy atom. The van der Waals surface area contributed by atoms with E-state index in [0.717, 1.165) is 0 Å². The summed E-state index contributed by atoms with van der Waals surface area (Å²) in [5.74, 6) is -1.11. The third-order valence-corrected chi connectivity index (χ3v) is 6.30. The van der Waals surface area contributed by atoms with Gasteiger partial charge in [0.2, 0.25) is 10.0 Å². The topological polar surface area (TPSA) is 135 Å². The molecule has 0 fully saturated rings. The maximum Gasteiger partial charge on any atom is 0.337 e. The molecule has 2 aromatic heterocycles. The number of benzene rings is 1. The number of H-pyrrole nitrogens is 2. The summed E-state index contributed by atoms with van der Waals surface area (Å²) in [6, 6.07) is 4.52.